The number of nitrogens with two attached hydrogens (primary N) is 1. The number of fused-ring (bicyclic) bond motifs is 1. The molecule has 0 saturated heterocycles. The van der Waals surface area contributed by atoms with Crippen molar-refractivity contribution in [2.75, 3.05) is 5.73 Å². The molecule has 2 rings (SSSR count). The highest BCUT2D eigenvalue weighted by Gasteiger charge is 2.07. The van der Waals surface area contributed by atoms with E-state index in [9.17, 15) is 0 Å². The van der Waals surface area contributed by atoms with E-state index in [0.717, 1.165) is 20.2 Å². The van der Waals surface area contributed by atoms with Gasteiger partial charge < -0.3 is 5.73 Å². The van der Waals surface area contributed by atoms with Crippen LogP contribution in [0.15, 0.2) is 22.4 Å². The maximum absolute atomic E-state index is 5.82. The van der Waals surface area contributed by atoms with E-state index in [-0.39, 0.29) is 0 Å². The summed E-state index contributed by atoms with van der Waals surface area (Å²) in [6.07, 6.45) is 0. The van der Waals surface area contributed by atoms with E-state index in [2.05, 4.69) is 12.6 Å². The number of benzene rings is 1. The zero-order valence-corrected chi connectivity index (χ0v) is 9.22. The molecule has 2 aromatic rings. The summed E-state index contributed by atoms with van der Waals surface area (Å²) in [7, 11) is 0. The highest BCUT2D eigenvalue weighted by Crippen LogP contribution is 2.35. The molecule has 0 aliphatic carbocycles. The summed E-state index contributed by atoms with van der Waals surface area (Å²) in [5.74, 6) is 0.503. The summed E-state index contributed by atoms with van der Waals surface area (Å²) >= 11 is 11.8. The Labute approximate surface area is 90.9 Å². The van der Waals surface area contributed by atoms with Crippen LogP contribution in [0.5, 0.6) is 0 Å². The third-order valence-electron chi connectivity index (χ3n) is 1.93. The molecule has 0 amide bonds. The summed E-state index contributed by atoms with van der Waals surface area (Å²) in [6, 6.07) is 5.84. The summed E-state index contributed by atoms with van der Waals surface area (Å²) in [4.78, 5) is 0. The molecule has 2 N–H and O–H groups in total. The van der Waals surface area contributed by atoms with Gasteiger partial charge in [0.25, 0.3) is 0 Å². The second-order valence-corrected chi connectivity index (χ2v) is 4.84. The quantitative estimate of drug-likeness (QED) is 0.437. The van der Waals surface area contributed by atoms with E-state index in [1.165, 1.54) is 5.39 Å². The van der Waals surface area contributed by atoms with E-state index in [0.29, 0.717) is 5.88 Å². The molecule has 0 radical (unpaired) electrons. The number of nitrogen functional groups attached to an aromatic ring is 1. The third-order valence-corrected chi connectivity index (χ3v) is 3.74. The van der Waals surface area contributed by atoms with E-state index in [4.69, 9.17) is 17.3 Å². The lowest BCUT2D eigenvalue weighted by Gasteiger charge is -1.95. The summed E-state index contributed by atoms with van der Waals surface area (Å²) in [5.41, 5.74) is 7.56. The van der Waals surface area contributed by atoms with Crippen molar-refractivity contribution in [1.29, 1.82) is 0 Å². The molecular weight excluding hydrogens is 222 g/mol. The maximum Gasteiger partial charge on any atom is 0.0624 e. The lowest BCUT2D eigenvalue weighted by molar-refractivity contribution is 1.40. The highest BCUT2D eigenvalue weighted by molar-refractivity contribution is 7.83. The smallest absolute Gasteiger partial charge is 0.0624 e. The van der Waals surface area contributed by atoms with Crippen LogP contribution < -0.4 is 5.73 Å². The summed E-state index contributed by atoms with van der Waals surface area (Å²) in [5, 5.41) is 1.17. The van der Waals surface area contributed by atoms with Crippen LogP contribution >= 0.6 is 35.6 Å². The Kier molecular flexibility index (Phi) is 2.41. The van der Waals surface area contributed by atoms with Gasteiger partial charge in [-0.05, 0) is 23.1 Å². The van der Waals surface area contributed by atoms with Gasteiger partial charge in [-0.2, -0.15) is 0 Å². The average Bonchev–Trinajstić information content (AvgIpc) is 2.39. The minimum absolute atomic E-state index is 0.503. The van der Waals surface area contributed by atoms with Crippen molar-refractivity contribution in [1.82, 2.24) is 0 Å². The van der Waals surface area contributed by atoms with Crippen LogP contribution in [-0.2, 0) is 5.88 Å². The zero-order valence-electron chi connectivity index (χ0n) is 6.75. The van der Waals surface area contributed by atoms with Crippen LogP contribution in [0, 0.1) is 0 Å². The molecule has 4 heteroatoms. The second-order valence-electron chi connectivity index (χ2n) is 2.77. The van der Waals surface area contributed by atoms with Crippen molar-refractivity contribution in [3.05, 3.63) is 23.8 Å². The van der Waals surface area contributed by atoms with E-state index in [1.807, 2.05) is 18.2 Å². The average molecular weight is 230 g/mol. The Morgan fingerprint density at radius 2 is 2.23 bits per heavy atom. The fourth-order valence-corrected chi connectivity index (χ4v) is 3.24. The normalized spacial score (nSPS) is 10.9. The molecule has 0 atom stereocenters. The minimum atomic E-state index is 0.503. The molecule has 0 unspecified atom stereocenters. The number of rotatable bonds is 1. The van der Waals surface area contributed by atoms with Gasteiger partial charge in [-0.3, -0.25) is 0 Å². The van der Waals surface area contributed by atoms with Crippen LogP contribution in [0.3, 0.4) is 0 Å². The topological polar surface area (TPSA) is 26.0 Å². The molecule has 0 aliphatic rings. The van der Waals surface area contributed by atoms with Gasteiger partial charge in [0.2, 0.25) is 0 Å². The first-order valence-corrected chi connectivity index (χ1v) is 5.58. The zero-order chi connectivity index (χ0) is 9.42. The van der Waals surface area contributed by atoms with Crippen LogP contribution in [-0.4, -0.2) is 0 Å². The predicted molar refractivity (Wildman–Crippen MR) is 63.0 cm³/mol. The van der Waals surface area contributed by atoms with Gasteiger partial charge >= 0.3 is 0 Å². The fourth-order valence-electron chi connectivity index (χ4n) is 1.28. The first-order chi connectivity index (χ1) is 6.22. The van der Waals surface area contributed by atoms with E-state index < -0.39 is 0 Å². The molecule has 0 fully saturated rings. The molecule has 68 valence electrons. The predicted octanol–water partition coefficient (Wildman–Crippen LogP) is 3.51. The largest absolute Gasteiger partial charge is 0.399 e. The summed E-state index contributed by atoms with van der Waals surface area (Å²) in [6.45, 7) is 0. The fraction of sp³-hybridized carbons (Fsp3) is 0.111. The van der Waals surface area contributed by atoms with Crippen molar-refractivity contribution in [3.63, 3.8) is 0 Å². The Balaban J connectivity index is 2.79. The number of thiol groups is 1. The molecular formula is C9H8ClNS2. The van der Waals surface area contributed by atoms with Gasteiger partial charge in [0.15, 0.2) is 0 Å². The van der Waals surface area contributed by atoms with E-state index in [1.54, 1.807) is 11.3 Å². The van der Waals surface area contributed by atoms with Crippen molar-refractivity contribution in [2.24, 2.45) is 0 Å². The SMILES string of the molecule is Nc1ccc2c(CCl)c(S)sc2c1. The molecule has 13 heavy (non-hydrogen) atoms. The molecule has 0 spiro atoms. The van der Waals surface area contributed by atoms with Crippen LogP contribution in [0.2, 0.25) is 0 Å². The highest BCUT2D eigenvalue weighted by atomic mass is 35.5. The number of thiophene rings is 1. The Hall–Kier alpha value is -0.380. The van der Waals surface area contributed by atoms with Crippen molar-refractivity contribution in [2.45, 2.75) is 10.1 Å². The van der Waals surface area contributed by atoms with Crippen LogP contribution in [0.25, 0.3) is 10.1 Å². The first kappa shape index (κ1) is 9.19. The van der Waals surface area contributed by atoms with E-state index >= 15 is 0 Å². The van der Waals surface area contributed by atoms with Gasteiger partial charge in [0.1, 0.15) is 0 Å². The van der Waals surface area contributed by atoms with Gasteiger partial charge in [-0.15, -0.1) is 35.6 Å². The molecule has 1 heterocycles. The van der Waals surface area contributed by atoms with Crippen LogP contribution in [0.4, 0.5) is 5.69 Å². The Morgan fingerprint density at radius 1 is 1.46 bits per heavy atom. The number of alkyl halides is 1. The van der Waals surface area contributed by atoms with Gasteiger partial charge in [0, 0.05) is 16.3 Å². The second kappa shape index (κ2) is 3.40. The van der Waals surface area contributed by atoms with Crippen molar-refractivity contribution < 1.29 is 0 Å². The minimum Gasteiger partial charge on any atom is -0.399 e. The standard InChI is InChI=1S/C9H8ClNS2/c10-4-7-6-2-1-5(11)3-8(6)13-9(7)12/h1-3,12H,4,11H2. The first-order valence-electron chi connectivity index (χ1n) is 3.78. The summed E-state index contributed by atoms with van der Waals surface area (Å²) < 4.78 is 2.14. The molecule has 1 aromatic carbocycles. The molecule has 0 aliphatic heterocycles. The lowest BCUT2D eigenvalue weighted by Crippen LogP contribution is -1.82. The Morgan fingerprint density at radius 3 is 2.92 bits per heavy atom. The molecule has 1 nitrogen and oxygen atoms in total. The van der Waals surface area contributed by atoms with Crippen molar-refractivity contribution in [3.8, 4) is 0 Å². The van der Waals surface area contributed by atoms with Gasteiger partial charge in [0.05, 0.1) is 4.21 Å². The maximum atomic E-state index is 5.82. The molecule has 1 aromatic heterocycles. The Bertz CT molecular complexity index is 450. The monoisotopic (exact) mass is 229 g/mol. The number of hydrogen-bond donors (Lipinski definition) is 2. The number of halogens is 1. The van der Waals surface area contributed by atoms with Gasteiger partial charge in [-0.1, -0.05) is 6.07 Å². The molecule has 0 bridgehead atoms. The van der Waals surface area contributed by atoms with Crippen molar-refractivity contribution >= 4 is 51.3 Å². The van der Waals surface area contributed by atoms with Gasteiger partial charge in [-0.25, -0.2) is 0 Å². The number of anilines is 1. The van der Waals surface area contributed by atoms with Crippen LogP contribution in [0.1, 0.15) is 5.56 Å². The molecule has 0 saturated carbocycles. The third kappa shape index (κ3) is 1.52. The lowest BCUT2D eigenvalue weighted by atomic mass is 10.2. The number of hydrogen-bond acceptors (Lipinski definition) is 3.